The summed E-state index contributed by atoms with van der Waals surface area (Å²) in [5.41, 5.74) is 7.57. The average Bonchev–Trinajstić information content (AvgIpc) is 2.54. The number of fused-ring (bicyclic) bond motifs is 1. The minimum atomic E-state index is 0.320. The van der Waals surface area contributed by atoms with Gasteiger partial charge in [-0.05, 0) is 37.7 Å². The highest BCUT2D eigenvalue weighted by atomic mass is 16.3. The van der Waals surface area contributed by atoms with Crippen LogP contribution in [0.4, 0.5) is 0 Å². The Morgan fingerprint density at radius 3 is 2.78 bits per heavy atom. The van der Waals surface area contributed by atoms with Crippen molar-refractivity contribution in [3.8, 4) is 0 Å². The highest BCUT2D eigenvalue weighted by molar-refractivity contribution is 5.29. The Balaban J connectivity index is 1.80. The summed E-state index contributed by atoms with van der Waals surface area (Å²) >= 11 is 0. The van der Waals surface area contributed by atoms with Gasteiger partial charge in [-0.1, -0.05) is 13.8 Å². The van der Waals surface area contributed by atoms with Crippen molar-refractivity contribution in [2.75, 3.05) is 0 Å². The molecule has 2 aliphatic carbocycles. The van der Waals surface area contributed by atoms with E-state index in [1.807, 2.05) is 6.92 Å². The second-order valence-corrected chi connectivity index (χ2v) is 6.93. The molecular weight excluding hydrogens is 224 g/mol. The maximum Gasteiger partial charge on any atom is 0.109 e. The van der Waals surface area contributed by atoms with Crippen LogP contribution in [0, 0.1) is 12.3 Å². The normalized spacial score (nSPS) is 33.9. The smallest absolute Gasteiger partial charge is 0.109 e. The first kappa shape index (κ1) is 12.2. The number of hydrogen-bond acceptors (Lipinski definition) is 3. The van der Waals surface area contributed by atoms with E-state index in [0.717, 1.165) is 25.0 Å². The van der Waals surface area contributed by atoms with E-state index >= 15 is 0 Å². The molecule has 100 valence electrons. The molecule has 1 unspecified atom stereocenters. The Hall–Kier alpha value is -0.800. The molecule has 1 saturated carbocycles. The molecule has 0 saturated heterocycles. The number of nitrogens with one attached hydrogen (secondary N) is 1. The lowest BCUT2D eigenvalue weighted by molar-refractivity contribution is 0.194. The average molecular weight is 248 g/mol. The molecule has 1 heterocycles. The molecule has 1 aromatic rings. The number of furan rings is 1. The Morgan fingerprint density at radius 2 is 2.11 bits per heavy atom. The van der Waals surface area contributed by atoms with Gasteiger partial charge in [0.1, 0.15) is 11.5 Å². The van der Waals surface area contributed by atoms with Crippen molar-refractivity contribution >= 4 is 0 Å². The summed E-state index contributed by atoms with van der Waals surface area (Å²) in [5, 5.41) is 3.77. The molecular formula is C15H24N2O. The van der Waals surface area contributed by atoms with Crippen LogP contribution in [-0.2, 0) is 6.42 Å². The van der Waals surface area contributed by atoms with E-state index in [2.05, 4.69) is 25.2 Å². The molecule has 1 fully saturated rings. The van der Waals surface area contributed by atoms with Gasteiger partial charge in [0.05, 0.1) is 0 Å². The largest absolute Gasteiger partial charge is 0.466 e. The fraction of sp³-hybridized carbons (Fsp3) is 0.733. The molecule has 0 aromatic carbocycles. The van der Waals surface area contributed by atoms with E-state index in [1.165, 1.54) is 17.7 Å². The van der Waals surface area contributed by atoms with E-state index in [4.69, 9.17) is 10.2 Å². The Morgan fingerprint density at radius 1 is 1.39 bits per heavy atom. The number of nitrogens with two attached hydrogens (primary N) is 1. The SMILES string of the molecule is Cc1cc2c(o1)CC(C)(C)CC2NC1CC(N)C1. The van der Waals surface area contributed by atoms with Crippen LogP contribution in [0.1, 0.15) is 56.2 Å². The van der Waals surface area contributed by atoms with E-state index in [1.54, 1.807) is 0 Å². The molecule has 1 atom stereocenters. The van der Waals surface area contributed by atoms with Crippen molar-refractivity contribution in [2.24, 2.45) is 11.1 Å². The standard InChI is InChI=1S/C15H24N2O/c1-9-4-12-13(17-11-5-10(16)6-11)7-15(2,3)8-14(12)18-9/h4,10-11,13,17H,5-8,16H2,1-3H3. The molecule has 1 aromatic heterocycles. The first-order valence-corrected chi connectivity index (χ1v) is 7.04. The minimum absolute atomic E-state index is 0.320. The highest BCUT2D eigenvalue weighted by Crippen LogP contribution is 2.42. The first-order valence-electron chi connectivity index (χ1n) is 7.04. The third-order valence-electron chi connectivity index (χ3n) is 4.35. The van der Waals surface area contributed by atoms with Gasteiger partial charge in [0.25, 0.3) is 0 Å². The summed E-state index contributed by atoms with van der Waals surface area (Å²) in [4.78, 5) is 0. The van der Waals surface area contributed by atoms with Gasteiger partial charge >= 0.3 is 0 Å². The van der Waals surface area contributed by atoms with Crippen LogP contribution in [0.5, 0.6) is 0 Å². The first-order chi connectivity index (χ1) is 8.43. The molecule has 0 aliphatic heterocycles. The van der Waals surface area contributed by atoms with Crippen molar-refractivity contribution in [2.45, 2.75) is 64.6 Å². The summed E-state index contributed by atoms with van der Waals surface area (Å²) in [6.45, 7) is 6.70. The summed E-state index contributed by atoms with van der Waals surface area (Å²) in [7, 11) is 0. The van der Waals surface area contributed by atoms with Gasteiger partial charge in [-0.2, -0.15) is 0 Å². The van der Waals surface area contributed by atoms with Gasteiger partial charge in [0.15, 0.2) is 0 Å². The fourth-order valence-corrected chi connectivity index (χ4v) is 3.42. The van der Waals surface area contributed by atoms with E-state index < -0.39 is 0 Å². The fourth-order valence-electron chi connectivity index (χ4n) is 3.42. The molecule has 18 heavy (non-hydrogen) atoms. The zero-order valence-electron chi connectivity index (χ0n) is 11.6. The van der Waals surface area contributed by atoms with Gasteiger partial charge in [-0.15, -0.1) is 0 Å². The molecule has 3 rings (SSSR count). The van der Waals surface area contributed by atoms with Crippen molar-refractivity contribution in [3.63, 3.8) is 0 Å². The monoisotopic (exact) mass is 248 g/mol. The van der Waals surface area contributed by atoms with Crippen LogP contribution in [-0.4, -0.2) is 12.1 Å². The quantitative estimate of drug-likeness (QED) is 0.846. The van der Waals surface area contributed by atoms with Crippen molar-refractivity contribution < 1.29 is 4.42 Å². The Kier molecular flexibility index (Phi) is 2.79. The highest BCUT2D eigenvalue weighted by Gasteiger charge is 2.37. The summed E-state index contributed by atoms with van der Waals surface area (Å²) in [6.07, 6.45) is 4.47. The molecule has 0 bridgehead atoms. The predicted molar refractivity (Wildman–Crippen MR) is 72.4 cm³/mol. The van der Waals surface area contributed by atoms with Gasteiger partial charge in [0, 0.05) is 30.1 Å². The van der Waals surface area contributed by atoms with Crippen molar-refractivity contribution in [1.82, 2.24) is 5.32 Å². The van der Waals surface area contributed by atoms with Crippen LogP contribution in [0.25, 0.3) is 0 Å². The third-order valence-corrected chi connectivity index (χ3v) is 4.35. The van der Waals surface area contributed by atoms with Gasteiger partial charge in [-0.25, -0.2) is 0 Å². The molecule has 3 N–H and O–H groups in total. The zero-order valence-corrected chi connectivity index (χ0v) is 11.6. The Bertz CT molecular complexity index is 443. The van der Waals surface area contributed by atoms with Crippen molar-refractivity contribution in [1.29, 1.82) is 0 Å². The summed E-state index contributed by atoms with van der Waals surface area (Å²) in [5.74, 6) is 2.22. The number of rotatable bonds is 2. The van der Waals surface area contributed by atoms with Crippen LogP contribution in [0.2, 0.25) is 0 Å². The van der Waals surface area contributed by atoms with Gasteiger partial charge in [0.2, 0.25) is 0 Å². The molecule has 3 heteroatoms. The van der Waals surface area contributed by atoms with Gasteiger partial charge < -0.3 is 15.5 Å². The summed E-state index contributed by atoms with van der Waals surface area (Å²) < 4.78 is 5.86. The lowest BCUT2D eigenvalue weighted by atomic mass is 9.74. The third kappa shape index (κ3) is 2.21. The minimum Gasteiger partial charge on any atom is -0.466 e. The zero-order chi connectivity index (χ0) is 12.9. The van der Waals surface area contributed by atoms with Crippen molar-refractivity contribution in [3.05, 3.63) is 23.2 Å². The number of aryl methyl sites for hydroxylation is 1. The molecule has 0 spiro atoms. The summed E-state index contributed by atoms with van der Waals surface area (Å²) in [6, 6.07) is 3.66. The maximum atomic E-state index is 5.87. The molecule has 0 radical (unpaired) electrons. The lowest BCUT2D eigenvalue weighted by Gasteiger charge is -2.41. The van der Waals surface area contributed by atoms with E-state index in [-0.39, 0.29) is 0 Å². The molecule has 2 aliphatic rings. The topological polar surface area (TPSA) is 51.2 Å². The lowest BCUT2D eigenvalue weighted by Crippen LogP contribution is -2.50. The maximum absolute atomic E-state index is 5.87. The second kappa shape index (κ2) is 4.10. The predicted octanol–water partition coefficient (Wildman–Crippen LogP) is 2.68. The van der Waals surface area contributed by atoms with Crippen LogP contribution >= 0.6 is 0 Å². The molecule has 0 amide bonds. The Labute approximate surface area is 109 Å². The number of hydrogen-bond donors (Lipinski definition) is 2. The van der Waals surface area contributed by atoms with Crippen LogP contribution in [0.3, 0.4) is 0 Å². The molecule has 3 nitrogen and oxygen atoms in total. The van der Waals surface area contributed by atoms with Crippen LogP contribution in [0.15, 0.2) is 10.5 Å². The van der Waals surface area contributed by atoms with E-state index in [9.17, 15) is 0 Å². The van der Waals surface area contributed by atoms with Gasteiger partial charge in [-0.3, -0.25) is 0 Å². The van der Waals surface area contributed by atoms with E-state index in [0.29, 0.717) is 23.5 Å². The van der Waals surface area contributed by atoms with Crippen LogP contribution < -0.4 is 11.1 Å². The second-order valence-electron chi connectivity index (χ2n) is 6.93.